The Balaban J connectivity index is 2.34. The van der Waals surface area contributed by atoms with Gasteiger partial charge in [-0.3, -0.25) is 19.2 Å². The summed E-state index contributed by atoms with van der Waals surface area (Å²) in [6.07, 6.45) is -0.835. The minimum atomic E-state index is -1.68. The largest absolute Gasteiger partial charge is 0.469 e. The van der Waals surface area contributed by atoms with E-state index < -0.39 is 35.2 Å². The van der Waals surface area contributed by atoms with Gasteiger partial charge in [0.25, 0.3) is 5.79 Å². The quantitative estimate of drug-likeness (QED) is 0.312. The number of carbonyl (C=O) groups excluding carboxylic acids is 5. The van der Waals surface area contributed by atoms with E-state index in [1.165, 1.54) is 21.1 Å². The van der Waals surface area contributed by atoms with Crippen LogP contribution in [0.15, 0.2) is 0 Å². The average molecular weight is 477 g/mol. The van der Waals surface area contributed by atoms with Gasteiger partial charge in [0.15, 0.2) is 5.12 Å². The third kappa shape index (κ3) is 8.75. The third-order valence-corrected chi connectivity index (χ3v) is 5.60. The molecule has 32 heavy (non-hydrogen) atoms. The summed E-state index contributed by atoms with van der Waals surface area (Å²) in [5.74, 6) is -3.26. The van der Waals surface area contributed by atoms with Crippen molar-refractivity contribution in [3.8, 4) is 0 Å². The summed E-state index contributed by atoms with van der Waals surface area (Å²) in [7, 11) is 2.46. The second-order valence-corrected chi connectivity index (χ2v) is 9.05. The third-order valence-electron chi connectivity index (χ3n) is 4.67. The molecule has 0 aromatic carbocycles. The predicted molar refractivity (Wildman–Crippen MR) is 114 cm³/mol. The summed E-state index contributed by atoms with van der Waals surface area (Å²) >= 11 is 1.02. The molecule has 1 unspecified atom stereocenters. The van der Waals surface area contributed by atoms with E-state index in [-0.39, 0.29) is 50.0 Å². The van der Waals surface area contributed by atoms with E-state index in [0.717, 1.165) is 11.8 Å². The maximum Gasteiger partial charge on any atom is 0.366 e. The van der Waals surface area contributed by atoms with Crippen LogP contribution in [0.2, 0.25) is 0 Å². The van der Waals surface area contributed by atoms with Gasteiger partial charge in [0.1, 0.15) is 6.10 Å². The molecule has 1 aliphatic heterocycles. The molecule has 0 bridgehead atoms. The molecule has 2 amide bonds. The van der Waals surface area contributed by atoms with Gasteiger partial charge in [0, 0.05) is 44.0 Å². The smallest absolute Gasteiger partial charge is 0.366 e. The number of hydrogen-bond donors (Lipinski definition) is 2. The van der Waals surface area contributed by atoms with Gasteiger partial charge in [-0.15, -0.1) is 0 Å². The van der Waals surface area contributed by atoms with Crippen molar-refractivity contribution in [2.45, 2.75) is 51.9 Å². The highest BCUT2D eigenvalue weighted by Crippen LogP contribution is 2.35. The lowest BCUT2D eigenvalue weighted by Crippen LogP contribution is -2.60. The lowest BCUT2D eigenvalue weighted by Gasteiger charge is -2.44. The van der Waals surface area contributed by atoms with E-state index >= 15 is 0 Å². The molecule has 0 spiro atoms. The Labute approximate surface area is 191 Å². The van der Waals surface area contributed by atoms with Crippen LogP contribution >= 0.6 is 11.8 Å². The first-order valence-electron chi connectivity index (χ1n) is 10.1. The molecule has 2 atom stereocenters. The summed E-state index contributed by atoms with van der Waals surface area (Å²) < 4.78 is 20.2. The van der Waals surface area contributed by atoms with E-state index in [1.54, 1.807) is 13.8 Å². The highest BCUT2D eigenvalue weighted by Gasteiger charge is 2.51. The second-order valence-electron chi connectivity index (χ2n) is 7.90. The molecule has 1 saturated heterocycles. The van der Waals surface area contributed by atoms with Crippen LogP contribution in [0.1, 0.15) is 40.0 Å². The Bertz CT molecular complexity index is 713. The van der Waals surface area contributed by atoms with Crippen LogP contribution < -0.4 is 10.6 Å². The molecule has 11 nitrogen and oxygen atoms in total. The number of amides is 2. The van der Waals surface area contributed by atoms with E-state index in [0.29, 0.717) is 5.75 Å². The van der Waals surface area contributed by atoms with Gasteiger partial charge in [-0.2, -0.15) is 0 Å². The summed E-state index contributed by atoms with van der Waals surface area (Å²) in [6, 6.07) is 0. The molecule has 1 aliphatic rings. The highest BCUT2D eigenvalue weighted by molar-refractivity contribution is 8.13. The maximum atomic E-state index is 12.6. The Morgan fingerprint density at radius 2 is 1.66 bits per heavy atom. The minimum absolute atomic E-state index is 0.0286. The van der Waals surface area contributed by atoms with Crippen LogP contribution in [0.4, 0.5) is 0 Å². The van der Waals surface area contributed by atoms with Gasteiger partial charge in [-0.05, 0) is 0 Å². The molecule has 12 heteroatoms. The summed E-state index contributed by atoms with van der Waals surface area (Å²) in [4.78, 5) is 59.1. The van der Waals surface area contributed by atoms with Crippen LogP contribution in [-0.2, 0) is 42.9 Å². The van der Waals surface area contributed by atoms with Gasteiger partial charge in [-0.25, -0.2) is 4.79 Å². The zero-order valence-electron chi connectivity index (χ0n) is 19.1. The number of rotatable bonds is 11. The lowest BCUT2D eigenvalue weighted by molar-refractivity contribution is -0.305. The minimum Gasteiger partial charge on any atom is -0.469 e. The van der Waals surface area contributed by atoms with Crippen LogP contribution in [-0.4, -0.2) is 80.4 Å². The monoisotopic (exact) mass is 476 g/mol. The SMILES string of the molecule is COC(=O)CCC(=O)SCCNC(=O)CCNC(=O)[C@@H]1OC(C)(C(=O)OC)OCC1(C)C. The van der Waals surface area contributed by atoms with Crippen molar-refractivity contribution in [1.29, 1.82) is 0 Å². The molecular weight excluding hydrogens is 444 g/mol. The van der Waals surface area contributed by atoms with Crippen molar-refractivity contribution in [2.75, 3.05) is 39.7 Å². The standard InChI is InChI=1S/C20H32N2O9S/c1-19(2)12-30-20(3,18(27)29-5)31-16(19)17(26)22-9-8-13(23)21-10-11-32-15(25)7-6-14(24)28-4/h16H,6-12H2,1-5H3,(H,21,23)(H,22,26)/t16-,20?/m0/s1. The Morgan fingerprint density at radius 3 is 2.28 bits per heavy atom. The summed E-state index contributed by atoms with van der Waals surface area (Å²) in [5, 5.41) is 5.13. The number of carbonyl (C=O) groups is 5. The van der Waals surface area contributed by atoms with Gasteiger partial charge in [0.05, 0.1) is 27.2 Å². The fourth-order valence-corrected chi connectivity index (χ4v) is 3.41. The highest BCUT2D eigenvalue weighted by atomic mass is 32.2. The van der Waals surface area contributed by atoms with Crippen molar-refractivity contribution in [3.63, 3.8) is 0 Å². The van der Waals surface area contributed by atoms with E-state index in [2.05, 4.69) is 20.1 Å². The predicted octanol–water partition coefficient (Wildman–Crippen LogP) is 0.153. The van der Waals surface area contributed by atoms with Gasteiger partial charge in [0.2, 0.25) is 11.8 Å². The Hall–Kier alpha value is -2.18. The molecular formula is C20H32N2O9S. The topological polar surface area (TPSA) is 146 Å². The number of methoxy groups -OCH3 is 2. The molecule has 0 saturated carbocycles. The van der Waals surface area contributed by atoms with Crippen molar-refractivity contribution >= 4 is 40.6 Å². The van der Waals surface area contributed by atoms with Crippen LogP contribution in [0.3, 0.4) is 0 Å². The first-order valence-corrected chi connectivity index (χ1v) is 11.1. The Kier molecular flexibility index (Phi) is 11.1. The van der Waals surface area contributed by atoms with E-state index in [4.69, 9.17) is 9.47 Å². The normalized spacial score (nSPS) is 21.8. The van der Waals surface area contributed by atoms with Crippen molar-refractivity contribution in [3.05, 3.63) is 0 Å². The van der Waals surface area contributed by atoms with Crippen LogP contribution in [0.25, 0.3) is 0 Å². The molecule has 182 valence electrons. The van der Waals surface area contributed by atoms with Crippen molar-refractivity contribution in [1.82, 2.24) is 10.6 Å². The number of hydrogen-bond acceptors (Lipinski definition) is 10. The molecule has 1 rings (SSSR count). The number of nitrogens with one attached hydrogen (secondary N) is 2. The zero-order valence-corrected chi connectivity index (χ0v) is 19.9. The summed E-state index contributed by atoms with van der Waals surface area (Å²) in [6.45, 7) is 5.37. The molecule has 1 heterocycles. The fraction of sp³-hybridized carbons (Fsp3) is 0.750. The maximum absolute atomic E-state index is 12.6. The first-order chi connectivity index (χ1) is 14.9. The van der Waals surface area contributed by atoms with Gasteiger partial charge >= 0.3 is 11.9 Å². The molecule has 0 radical (unpaired) electrons. The van der Waals surface area contributed by atoms with Crippen LogP contribution in [0.5, 0.6) is 0 Å². The number of esters is 2. The lowest BCUT2D eigenvalue weighted by atomic mass is 9.85. The number of ether oxygens (including phenoxy) is 4. The van der Waals surface area contributed by atoms with Gasteiger partial charge < -0.3 is 29.6 Å². The van der Waals surface area contributed by atoms with E-state index in [9.17, 15) is 24.0 Å². The van der Waals surface area contributed by atoms with Gasteiger partial charge in [-0.1, -0.05) is 25.6 Å². The molecule has 0 aromatic heterocycles. The number of thioether (sulfide) groups is 1. The first kappa shape index (κ1) is 27.9. The second kappa shape index (κ2) is 12.8. The Morgan fingerprint density at radius 1 is 0.969 bits per heavy atom. The van der Waals surface area contributed by atoms with Crippen LogP contribution in [0, 0.1) is 5.41 Å². The van der Waals surface area contributed by atoms with Crippen molar-refractivity contribution < 1.29 is 42.9 Å². The fourth-order valence-electron chi connectivity index (χ4n) is 2.73. The zero-order chi connectivity index (χ0) is 24.4. The molecule has 2 N–H and O–H groups in total. The van der Waals surface area contributed by atoms with E-state index in [1.807, 2.05) is 0 Å². The molecule has 0 aliphatic carbocycles. The summed E-state index contributed by atoms with van der Waals surface area (Å²) in [5.41, 5.74) is -0.697. The average Bonchev–Trinajstić information content (AvgIpc) is 2.75. The molecule has 0 aromatic rings. The van der Waals surface area contributed by atoms with Crippen molar-refractivity contribution in [2.24, 2.45) is 5.41 Å². The molecule has 1 fully saturated rings.